The van der Waals surface area contributed by atoms with Crippen LogP contribution in [0.1, 0.15) is 59.4 Å². The van der Waals surface area contributed by atoms with Gasteiger partial charge in [-0.15, -0.1) is 0 Å². The van der Waals surface area contributed by atoms with Crippen LogP contribution in [0.3, 0.4) is 0 Å². The predicted molar refractivity (Wildman–Crippen MR) is 158 cm³/mol. The van der Waals surface area contributed by atoms with Crippen molar-refractivity contribution in [1.82, 2.24) is 31.6 Å². The van der Waals surface area contributed by atoms with Gasteiger partial charge in [-0.3, -0.25) is 28.8 Å². The number of carboxylic acids is 1. The highest BCUT2D eigenvalue weighted by atomic mass is 16.4. The number of nitrogens with one attached hydrogen (secondary N) is 6. The molecule has 0 aliphatic carbocycles. The number of para-hydroxylation sites is 1. The van der Waals surface area contributed by atoms with Gasteiger partial charge in [0.05, 0.1) is 0 Å². The van der Waals surface area contributed by atoms with Gasteiger partial charge in [0.1, 0.15) is 30.2 Å². The molecule has 5 atom stereocenters. The van der Waals surface area contributed by atoms with E-state index in [1.807, 2.05) is 38.1 Å². The molecule has 13 nitrogen and oxygen atoms in total. The first kappa shape index (κ1) is 33.1. The predicted octanol–water partition coefficient (Wildman–Crippen LogP) is 0.735. The number of benzene rings is 1. The van der Waals surface area contributed by atoms with E-state index in [-0.39, 0.29) is 31.1 Å². The summed E-state index contributed by atoms with van der Waals surface area (Å²) in [4.78, 5) is 81.4. The fourth-order valence-corrected chi connectivity index (χ4v) is 4.97. The molecule has 0 radical (unpaired) electrons. The van der Waals surface area contributed by atoms with Gasteiger partial charge in [0.2, 0.25) is 29.5 Å². The van der Waals surface area contributed by atoms with Crippen molar-refractivity contribution in [3.63, 3.8) is 0 Å². The normalized spacial score (nSPS) is 24.4. The van der Waals surface area contributed by atoms with E-state index in [9.17, 15) is 33.9 Å². The number of carboxylic acid groups (broad SMARTS) is 1. The minimum atomic E-state index is -1.31. The van der Waals surface area contributed by atoms with E-state index >= 15 is 0 Å². The second-order valence-electron chi connectivity index (χ2n) is 11.8. The van der Waals surface area contributed by atoms with Crippen LogP contribution < -0.4 is 26.6 Å². The van der Waals surface area contributed by atoms with E-state index in [0.29, 0.717) is 0 Å². The van der Waals surface area contributed by atoms with Crippen molar-refractivity contribution in [3.8, 4) is 0 Å². The Hall–Kier alpha value is -4.42. The standard InChI is InChI=1S/C30H42N6O7/c1-15(2)12-22-28(41)34-23(13-18-14-31-20-9-7-6-8-19(18)20)29(42)33-21(10-11-24(37)38)27(40)32-17(5)26(39)36-25(16(3)4)30(43)35-22/h6-9,14-17,21-23,25,31H,10-13H2,1-5H3,(H,32,40)(H,33,42)(H,34,41)(H,35,43)(H,36,39)(H,37,38)/t17-,21-,22-,23-,25-/m0/s1. The summed E-state index contributed by atoms with van der Waals surface area (Å²) in [5.74, 6) is -4.85. The molecule has 5 amide bonds. The van der Waals surface area contributed by atoms with Crippen molar-refractivity contribution in [2.75, 3.05) is 0 Å². The summed E-state index contributed by atoms with van der Waals surface area (Å²) in [6, 6.07) is 1.82. The summed E-state index contributed by atoms with van der Waals surface area (Å²) in [5.41, 5.74) is 1.56. The topological polar surface area (TPSA) is 199 Å². The van der Waals surface area contributed by atoms with Gasteiger partial charge in [-0.1, -0.05) is 45.9 Å². The maximum absolute atomic E-state index is 13.7. The van der Waals surface area contributed by atoms with Crippen LogP contribution in [0.15, 0.2) is 30.5 Å². The van der Waals surface area contributed by atoms with E-state index in [1.54, 1.807) is 20.0 Å². The van der Waals surface area contributed by atoms with Gasteiger partial charge >= 0.3 is 5.97 Å². The van der Waals surface area contributed by atoms with Crippen molar-refractivity contribution in [3.05, 3.63) is 36.0 Å². The van der Waals surface area contributed by atoms with Gasteiger partial charge < -0.3 is 36.7 Å². The second kappa shape index (κ2) is 14.7. The number of hydrogen-bond acceptors (Lipinski definition) is 6. The lowest BCUT2D eigenvalue weighted by molar-refractivity contribution is -0.138. The molecule has 43 heavy (non-hydrogen) atoms. The molecule has 2 aromatic rings. The highest BCUT2D eigenvalue weighted by molar-refractivity contribution is 5.98. The molecule has 1 saturated heterocycles. The van der Waals surface area contributed by atoms with E-state index in [4.69, 9.17) is 0 Å². The van der Waals surface area contributed by atoms with E-state index in [1.165, 1.54) is 6.92 Å². The smallest absolute Gasteiger partial charge is 0.303 e. The van der Waals surface area contributed by atoms with Gasteiger partial charge in [-0.05, 0) is 43.2 Å². The maximum Gasteiger partial charge on any atom is 0.303 e. The van der Waals surface area contributed by atoms with Gasteiger partial charge in [0, 0.05) is 29.9 Å². The first-order valence-electron chi connectivity index (χ1n) is 14.5. The van der Waals surface area contributed by atoms with Crippen molar-refractivity contribution in [2.24, 2.45) is 11.8 Å². The number of amides is 5. The molecular formula is C30H42N6O7. The molecule has 1 fully saturated rings. The largest absolute Gasteiger partial charge is 0.481 e. The fourth-order valence-electron chi connectivity index (χ4n) is 4.97. The number of rotatable bonds is 8. The Morgan fingerprint density at radius 1 is 0.791 bits per heavy atom. The molecule has 1 aromatic heterocycles. The fraction of sp³-hybridized carbons (Fsp3) is 0.533. The Bertz CT molecular complexity index is 1350. The molecule has 13 heteroatoms. The zero-order chi connectivity index (χ0) is 31.8. The number of carbonyl (C=O) groups excluding carboxylic acids is 5. The summed E-state index contributed by atoms with van der Waals surface area (Å²) >= 11 is 0. The quantitative estimate of drug-likeness (QED) is 0.232. The Labute approximate surface area is 250 Å². The van der Waals surface area contributed by atoms with Gasteiger partial charge in [0.15, 0.2) is 0 Å². The molecule has 234 valence electrons. The van der Waals surface area contributed by atoms with Crippen molar-refractivity contribution in [1.29, 1.82) is 0 Å². The highest BCUT2D eigenvalue weighted by Gasteiger charge is 2.35. The lowest BCUT2D eigenvalue weighted by Gasteiger charge is -2.27. The van der Waals surface area contributed by atoms with Crippen molar-refractivity contribution in [2.45, 2.75) is 90.5 Å². The summed E-state index contributed by atoms with van der Waals surface area (Å²) in [7, 11) is 0. The lowest BCUT2D eigenvalue weighted by Crippen LogP contribution is -2.59. The Balaban J connectivity index is 2.04. The van der Waals surface area contributed by atoms with Gasteiger partial charge in [-0.2, -0.15) is 0 Å². The minimum Gasteiger partial charge on any atom is -0.481 e. The Kier molecular flexibility index (Phi) is 11.3. The molecule has 7 N–H and O–H groups in total. The monoisotopic (exact) mass is 598 g/mol. The summed E-state index contributed by atoms with van der Waals surface area (Å²) in [6.07, 6.45) is 1.36. The van der Waals surface area contributed by atoms with E-state index < -0.39 is 72.1 Å². The van der Waals surface area contributed by atoms with Crippen LogP contribution in [0, 0.1) is 11.8 Å². The molecule has 3 rings (SSSR count). The number of fused-ring (bicyclic) bond motifs is 1. The van der Waals surface area contributed by atoms with Gasteiger partial charge in [0.25, 0.3) is 0 Å². The van der Waals surface area contributed by atoms with Gasteiger partial charge in [-0.25, -0.2) is 0 Å². The zero-order valence-corrected chi connectivity index (χ0v) is 25.2. The molecule has 0 spiro atoms. The minimum absolute atomic E-state index is 0.00615. The van der Waals surface area contributed by atoms with Crippen LogP contribution in [0.25, 0.3) is 10.9 Å². The highest BCUT2D eigenvalue weighted by Crippen LogP contribution is 2.20. The molecular weight excluding hydrogens is 556 g/mol. The number of aliphatic carboxylic acids is 1. The van der Waals surface area contributed by atoms with E-state index in [0.717, 1.165) is 16.5 Å². The summed E-state index contributed by atoms with van der Waals surface area (Å²) in [5, 5.41) is 23.4. The van der Waals surface area contributed by atoms with Crippen molar-refractivity contribution < 1.29 is 33.9 Å². The first-order chi connectivity index (χ1) is 20.3. The third-order valence-electron chi connectivity index (χ3n) is 7.35. The third kappa shape index (κ3) is 9.03. The second-order valence-corrected chi connectivity index (χ2v) is 11.8. The van der Waals surface area contributed by atoms with Crippen molar-refractivity contribution >= 4 is 46.4 Å². The number of carbonyl (C=O) groups is 6. The van der Waals surface area contributed by atoms with Crippen LogP contribution in [0.2, 0.25) is 0 Å². The number of aromatic nitrogens is 1. The zero-order valence-electron chi connectivity index (χ0n) is 25.2. The molecule has 0 bridgehead atoms. The number of aromatic amines is 1. The Morgan fingerprint density at radius 3 is 2.05 bits per heavy atom. The maximum atomic E-state index is 13.7. The Morgan fingerprint density at radius 2 is 1.40 bits per heavy atom. The lowest BCUT2D eigenvalue weighted by atomic mass is 9.98. The molecule has 1 aliphatic heterocycles. The number of hydrogen-bond donors (Lipinski definition) is 7. The number of H-pyrrole nitrogens is 1. The van der Waals surface area contributed by atoms with Crippen LogP contribution >= 0.6 is 0 Å². The third-order valence-corrected chi connectivity index (χ3v) is 7.35. The van der Waals surface area contributed by atoms with Crippen LogP contribution in [0.4, 0.5) is 0 Å². The molecule has 0 unspecified atom stereocenters. The SMILES string of the molecule is CC(C)C[C@@H]1NC(=O)[C@H](C(C)C)NC(=O)[C@H](C)NC(=O)[C@H](CCC(=O)O)NC(=O)[C@H](Cc2c[nH]c3ccccc23)NC1=O. The van der Waals surface area contributed by atoms with Crippen LogP contribution in [-0.2, 0) is 35.2 Å². The summed E-state index contributed by atoms with van der Waals surface area (Å²) < 4.78 is 0. The van der Waals surface area contributed by atoms with Crippen LogP contribution in [0.5, 0.6) is 0 Å². The molecule has 0 saturated carbocycles. The molecule has 2 heterocycles. The van der Waals surface area contributed by atoms with E-state index in [2.05, 4.69) is 31.6 Å². The van der Waals surface area contributed by atoms with Crippen LogP contribution in [-0.4, -0.2) is 75.8 Å². The average molecular weight is 599 g/mol. The average Bonchev–Trinajstić information content (AvgIpc) is 3.34. The molecule has 1 aromatic carbocycles. The molecule has 1 aliphatic rings. The first-order valence-corrected chi connectivity index (χ1v) is 14.5. The summed E-state index contributed by atoms with van der Waals surface area (Å²) in [6.45, 7) is 8.67.